The molecule has 72 valence electrons. The fraction of sp³-hybridized carbons (Fsp3) is 0.571. The summed E-state index contributed by atoms with van der Waals surface area (Å²) in [6.07, 6.45) is 0.245. The summed E-state index contributed by atoms with van der Waals surface area (Å²) in [6, 6.07) is 0. The van der Waals surface area contributed by atoms with E-state index in [9.17, 15) is 4.79 Å². The van der Waals surface area contributed by atoms with Crippen LogP contribution in [0.25, 0.3) is 0 Å². The smallest absolute Gasteiger partial charge is 0.225 e. The zero-order chi connectivity index (χ0) is 8.85. The largest absolute Gasteiger partial charge is 0.505 e. The molecule has 0 aromatic heterocycles. The van der Waals surface area contributed by atoms with Crippen LogP contribution in [-0.4, -0.2) is 28.6 Å². The summed E-state index contributed by atoms with van der Waals surface area (Å²) in [5, 5.41) is 17.8. The molecule has 1 unspecified atom stereocenters. The molecule has 0 saturated carbocycles. The van der Waals surface area contributed by atoms with E-state index >= 15 is 0 Å². The van der Waals surface area contributed by atoms with Gasteiger partial charge in [-0.2, -0.15) is 0 Å². The van der Waals surface area contributed by atoms with Crippen molar-refractivity contribution < 1.29 is 15.0 Å². The second-order valence-electron chi connectivity index (χ2n) is 2.13. The Morgan fingerprint density at radius 1 is 1.67 bits per heavy atom. The summed E-state index contributed by atoms with van der Waals surface area (Å²) in [7, 11) is 0. The standard InChI is InChI=1S/C7H13NO3.ClH/c1-2-5(9)7(11)6(10)3-4-8;/h2,6,9-10H,3-4,8H2,1H3;1H. The van der Waals surface area contributed by atoms with Crippen molar-refractivity contribution in [3.8, 4) is 0 Å². The number of ketones is 1. The molecule has 0 saturated heterocycles. The highest BCUT2D eigenvalue weighted by atomic mass is 35.5. The number of nitrogens with two attached hydrogens (primary N) is 1. The minimum Gasteiger partial charge on any atom is -0.505 e. The molecule has 12 heavy (non-hydrogen) atoms. The molecule has 0 spiro atoms. The summed E-state index contributed by atoms with van der Waals surface area (Å²) < 4.78 is 0. The van der Waals surface area contributed by atoms with E-state index in [1.807, 2.05) is 0 Å². The summed E-state index contributed by atoms with van der Waals surface area (Å²) in [6.45, 7) is 1.74. The normalized spacial score (nSPS) is 13.4. The monoisotopic (exact) mass is 195 g/mol. The highest BCUT2D eigenvalue weighted by Gasteiger charge is 2.16. The Kier molecular flexibility index (Phi) is 8.26. The number of carbonyl (C=O) groups is 1. The molecule has 0 aliphatic rings. The van der Waals surface area contributed by atoms with Crippen LogP contribution in [-0.2, 0) is 4.79 Å². The Balaban J connectivity index is 0. The lowest BCUT2D eigenvalue weighted by atomic mass is 10.1. The van der Waals surface area contributed by atoms with Gasteiger partial charge >= 0.3 is 0 Å². The number of allylic oxidation sites excluding steroid dienone is 1. The summed E-state index contributed by atoms with van der Waals surface area (Å²) in [4.78, 5) is 10.8. The van der Waals surface area contributed by atoms with Gasteiger partial charge in [0.15, 0.2) is 5.76 Å². The molecule has 0 amide bonds. The van der Waals surface area contributed by atoms with Crippen molar-refractivity contribution >= 4 is 18.2 Å². The Bertz CT molecular complexity index is 170. The van der Waals surface area contributed by atoms with Crippen LogP contribution in [0.3, 0.4) is 0 Å². The number of aliphatic hydroxyl groups excluding tert-OH is 2. The maximum atomic E-state index is 10.8. The van der Waals surface area contributed by atoms with Gasteiger partial charge in [0.1, 0.15) is 6.10 Å². The Morgan fingerprint density at radius 3 is 2.50 bits per heavy atom. The van der Waals surface area contributed by atoms with Gasteiger partial charge in [-0.1, -0.05) is 0 Å². The highest BCUT2D eigenvalue weighted by molar-refractivity contribution is 5.96. The molecular weight excluding hydrogens is 182 g/mol. The SMILES string of the molecule is CC=C(O)C(=O)C(O)CCN.Cl. The molecule has 0 rings (SSSR count). The molecule has 0 bridgehead atoms. The number of carbonyl (C=O) groups excluding carboxylic acids is 1. The molecule has 0 aliphatic carbocycles. The van der Waals surface area contributed by atoms with Gasteiger partial charge in [-0.25, -0.2) is 0 Å². The second-order valence-corrected chi connectivity index (χ2v) is 2.13. The summed E-state index contributed by atoms with van der Waals surface area (Å²) >= 11 is 0. The van der Waals surface area contributed by atoms with Gasteiger partial charge < -0.3 is 15.9 Å². The average Bonchev–Trinajstić information content (AvgIpc) is 2.02. The lowest BCUT2D eigenvalue weighted by Crippen LogP contribution is -2.24. The van der Waals surface area contributed by atoms with Crippen molar-refractivity contribution in [1.29, 1.82) is 0 Å². The fourth-order valence-corrected chi connectivity index (χ4v) is 0.602. The van der Waals surface area contributed by atoms with E-state index in [1.165, 1.54) is 13.0 Å². The van der Waals surface area contributed by atoms with E-state index in [-0.39, 0.29) is 25.4 Å². The summed E-state index contributed by atoms with van der Waals surface area (Å²) in [5.74, 6) is -1.08. The summed E-state index contributed by atoms with van der Waals surface area (Å²) in [5.41, 5.74) is 5.10. The van der Waals surface area contributed by atoms with Crippen LogP contribution in [0, 0.1) is 0 Å². The van der Waals surface area contributed by atoms with Crippen LogP contribution < -0.4 is 5.73 Å². The van der Waals surface area contributed by atoms with Gasteiger partial charge in [-0.3, -0.25) is 4.79 Å². The number of hydrogen-bond donors (Lipinski definition) is 3. The maximum absolute atomic E-state index is 10.8. The number of rotatable bonds is 4. The number of halogens is 1. The van der Waals surface area contributed by atoms with Gasteiger partial charge in [0.25, 0.3) is 0 Å². The van der Waals surface area contributed by atoms with E-state index in [0.29, 0.717) is 0 Å². The molecule has 1 atom stereocenters. The third-order valence-corrected chi connectivity index (χ3v) is 1.27. The molecule has 0 aliphatic heterocycles. The predicted octanol–water partition coefficient (Wildman–Crippen LogP) is 0.149. The third kappa shape index (κ3) is 4.33. The van der Waals surface area contributed by atoms with Gasteiger partial charge in [-0.15, -0.1) is 12.4 Å². The minimum atomic E-state index is -1.17. The van der Waals surface area contributed by atoms with Crippen molar-refractivity contribution in [2.24, 2.45) is 5.73 Å². The Hall–Kier alpha value is -0.580. The van der Waals surface area contributed by atoms with Crippen LogP contribution in [0.4, 0.5) is 0 Å². The van der Waals surface area contributed by atoms with Crippen LogP contribution in [0.1, 0.15) is 13.3 Å². The quantitative estimate of drug-likeness (QED) is 0.441. The fourth-order valence-electron chi connectivity index (χ4n) is 0.602. The molecule has 0 radical (unpaired) electrons. The average molecular weight is 196 g/mol. The van der Waals surface area contributed by atoms with Crippen molar-refractivity contribution in [2.45, 2.75) is 19.4 Å². The van der Waals surface area contributed by atoms with E-state index in [4.69, 9.17) is 15.9 Å². The molecule has 0 aromatic rings. The van der Waals surface area contributed by atoms with Gasteiger partial charge in [0.2, 0.25) is 5.78 Å². The predicted molar refractivity (Wildman–Crippen MR) is 48.3 cm³/mol. The van der Waals surface area contributed by atoms with E-state index in [0.717, 1.165) is 0 Å². The Labute approximate surface area is 77.5 Å². The van der Waals surface area contributed by atoms with Gasteiger partial charge in [-0.05, 0) is 26.0 Å². The van der Waals surface area contributed by atoms with Gasteiger partial charge in [0.05, 0.1) is 0 Å². The first-order valence-electron chi connectivity index (χ1n) is 3.41. The van der Waals surface area contributed by atoms with Gasteiger partial charge in [0, 0.05) is 0 Å². The topological polar surface area (TPSA) is 83.5 Å². The molecule has 0 heterocycles. The van der Waals surface area contributed by atoms with E-state index in [1.54, 1.807) is 0 Å². The van der Waals surface area contributed by atoms with Crippen molar-refractivity contribution in [1.82, 2.24) is 0 Å². The first kappa shape index (κ1) is 14.0. The zero-order valence-corrected chi connectivity index (χ0v) is 7.67. The van der Waals surface area contributed by atoms with Crippen LogP contribution in [0.5, 0.6) is 0 Å². The molecule has 0 aromatic carbocycles. The minimum absolute atomic E-state index is 0. The lowest BCUT2D eigenvalue weighted by Gasteiger charge is -2.05. The highest BCUT2D eigenvalue weighted by Crippen LogP contribution is 1.99. The van der Waals surface area contributed by atoms with Crippen molar-refractivity contribution in [2.75, 3.05) is 6.54 Å². The molecule has 5 heteroatoms. The number of hydrogen-bond acceptors (Lipinski definition) is 4. The number of aliphatic hydroxyl groups is 2. The van der Waals surface area contributed by atoms with Crippen LogP contribution in [0.15, 0.2) is 11.8 Å². The first-order valence-corrected chi connectivity index (χ1v) is 3.41. The Morgan fingerprint density at radius 2 is 2.17 bits per heavy atom. The van der Waals surface area contributed by atoms with Crippen LogP contribution >= 0.6 is 12.4 Å². The molecule has 4 N–H and O–H groups in total. The lowest BCUT2D eigenvalue weighted by molar-refractivity contribution is -0.126. The maximum Gasteiger partial charge on any atom is 0.225 e. The molecular formula is C7H14ClNO3. The molecule has 4 nitrogen and oxygen atoms in total. The number of Topliss-reactive ketones (excluding diaryl/α,β-unsaturated/α-hetero) is 1. The van der Waals surface area contributed by atoms with Crippen molar-refractivity contribution in [3.63, 3.8) is 0 Å². The van der Waals surface area contributed by atoms with E-state index in [2.05, 4.69) is 0 Å². The first-order chi connectivity index (χ1) is 5.13. The molecule has 0 fully saturated rings. The van der Waals surface area contributed by atoms with E-state index < -0.39 is 17.6 Å². The van der Waals surface area contributed by atoms with Crippen molar-refractivity contribution in [3.05, 3.63) is 11.8 Å². The van der Waals surface area contributed by atoms with Crippen LogP contribution in [0.2, 0.25) is 0 Å². The third-order valence-electron chi connectivity index (χ3n) is 1.27. The second kappa shape index (κ2) is 7.09. The zero-order valence-electron chi connectivity index (χ0n) is 6.86.